The molecule has 1 rings (SSSR count). The Morgan fingerprint density at radius 2 is 2.18 bits per heavy atom. The van der Waals surface area contributed by atoms with Crippen molar-refractivity contribution < 1.29 is 14.6 Å². The summed E-state index contributed by atoms with van der Waals surface area (Å²) in [6.07, 6.45) is 0.902. The Balaban J connectivity index is 2.91. The minimum absolute atomic E-state index is 0.0364. The number of hydrogen-bond acceptors (Lipinski definition) is 3. The highest BCUT2D eigenvalue weighted by molar-refractivity contribution is 5.70. The Morgan fingerprint density at radius 3 is 2.71 bits per heavy atom. The summed E-state index contributed by atoms with van der Waals surface area (Å²) in [6.45, 7) is 6.50. The number of carboxylic acid groups (broad SMARTS) is 1. The fourth-order valence-corrected chi connectivity index (χ4v) is 1.94. The van der Waals surface area contributed by atoms with Gasteiger partial charge in [0.05, 0.1) is 18.2 Å². The topological polar surface area (TPSA) is 64.4 Å². The van der Waals surface area contributed by atoms with Crippen LogP contribution in [0.4, 0.5) is 0 Å². The van der Waals surface area contributed by atoms with E-state index in [1.54, 1.807) is 7.11 Å². The molecule has 96 valence electrons. The van der Waals surface area contributed by atoms with Crippen LogP contribution in [-0.4, -0.2) is 34.6 Å². The van der Waals surface area contributed by atoms with E-state index in [0.29, 0.717) is 6.61 Å². The Labute approximate surface area is 101 Å². The quantitative estimate of drug-likeness (QED) is 0.822. The second-order valence-electron chi connectivity index (χ2n) is 4.29. The van der Waals surface area contributed by atoms with Gasteiger partial charge in [-0.25, -0.2) is 0 Å². The maximum absolute atomic E-state index is 10.8. The predicted octanol–water partition coefficient (Wildman–Crippen LogP) is 1.72. The molecule has 0 radical (unpaired) electrons. The number of carbonyl (C=O) groups is 1. The van der Waals surface area contributed by atoms with Crippen molar-refractivity contribution >= 4 is 5.97 Å². The summed E-state index contributed by atoms with van der Waals surface area (Å²) in [6, 6.07) is 0.219. The van der Waals surface area contributed by atoms with Gasteiger partial charge in [0.25, 0.3) is 0 Å². The van der Waals surface area contributed by atoms with E-state index in [0.717, 1.165) is 23.4 Å². The molecule has 1 unspecified atom stereocenters. The van der Waals surface area contributed by atoms with Gasteiger partial charge >= 0.3 is 5.97 Å². The molecule has 5 nitrogen and oxygen atoms in total. The van der Waals surface area contributed by atoms with Crippen molar-refractivity contribution in [3.63, 3.8) is 0 Å². The second kappa shape index (κ2) is 5.82. The Morgan fingerprint density at radius 1 is 1.53 bits per heavy atom. The van der Waals surface area contributed by atoms with Crippen molar-refractivity contribution in [2.75, 3.05) is 13.7 Å². The largest absolute Gasteiger partial charge is 0.481 e. The van der Waals surface area contributed by atoms with Gasteiger partial charge in [0, 0.05) is 25.0 Å². The average molecular weight is 240 g/mol. The lowest BCUT2D eigenvalue weighted by Crippen LogP contribution is -2.11. The fraction of sp³-hybridized carbons (Fsp3) is 0.667. The summed E-state index contributed by atoms with van der Waals surface area (Å²) in [5.41, 5.74) is 2.56. The van der Waals surface area contributed by atoms with Gasteiger partial charge in [-0.2, -0.15) is 5.10 Å². The number of aromatic nitrogens is 2. The van der Waals surface area contributed by atoms with Crippen LogP contribution in [0, 0.1) is 13.8 Å². The molecule has 5 heteroatoms. The third kappa shape index (κ3) is 3.30. The van der Waals surface area contributed by atoms with Gasteiger partial charge in [-0.1, -0.05) is 0 Å². The Hall–Kier alpha value is -1.36. The number of aryl methyl sites for hydroxylation is 1. The first-order chi connectivity index (χ1) is 7.97. The van der Waals surface area contributed by atoms with E-state index in [2.05, 4.69) is 12.0 Å². The van der Waals surface area contributed by atoms with Crippen LogP contribution in [0.15, 0.2) is 0 Å². The van der Waals surface area contributed by atoms with Crippen LogP contribution in [0.3, 0.4) is 0 Å². The predicted molar refractivity (Wildman–Crippen MR) is 64.2 cm³/mol. The summed E-state index contributed by atoms with van der Waals surface area (Å²) in [5.74, 6) is -0.819. The first-order valence-electron chi connectivity index (χ1n) is 5.72. The van der Waals surface area contributed by atoms with Gasteiger partial charge < -0.3 is 9.84 Å². The molecular weight excluding hydrogens is 220 g/mol. The van der Waals surface area contributed by atoms with Gasteiger partial charge in [0.1, 0.15) is 0 Å². The summed E-state index contributed by atoms with van der Waals surface area (Å²) in [5, 5.41) is 13.3. The molecule has 0 aliphatic rings. The van der Waals surface area contributed by atoms with Crippen LogP contribution in [0.2, 0.25) is 0 Å². The zero-order chi connectivity index (χ0) is 13.0. The average Bonchev–Trinajstić information content (AvgIpc) is 2.53. The SMILES string of the molecule is COCCC(C)n1nc(C)c(CC(=O)O)c1C. The first-order valence-corrected chi connectivity index (χ1v) is 5.72. The molecule has 0 fully saturated rings. The summed E-state index contributed by atoms with van der Waals surface area (Å²) >= 11 is 0. The molecule has 0 spiro atoms. The van der Waals surface area contributed by atoms with Crippen molar-refractivity contribution in [1.29, 1.82) is 0 Å². The summed E-state index contributed by atoms with van der Waals surface area (Å²) in [7, 11) is 1.67. The van der Waals surface area contributed by atoms with Crippen LogP contribution in [-0.2, 0) is 16.0 Å². The van der Waals surface area contributed by atoms with E-state index < -0.39 is 5.97 Å². The van der Waals surface area contributed by atoms with Gasteiger partial charge in [-0.05, 0) is 27.2 Å². The van der Waals surface area contributed by atoms with Gasteiger partial charge in [-0.3, -0.25) is 9.48 Å². The molecule has 1 heterocycles. The maximum atomic E-state index is 10.8. The van der Waals surface area contributed by atoms with Crippen LogP contribution >= 0.6 is 0 Å². The van der Waals surface area contributed by atoms with Crippen molar-refractivity contribution in [2.24, 2.45) is 0 Å². The number of rotatable bonds is 6. The van der Waals surface area contributed by atoms with Gasteiger partial charge in [0.15, 0.2) is 0 Å². The second-order valence-corrected chi connectivity index (χ2v) is 4.29. The number of hydrogen-bond donors (Lipinski definition) is 1. The molecule has 1 atom stereocenters. The molecule has 0 saturated carbocycles. The summed E-state index contributed by atoms with van der Waals surface area (Å²) < 4.78 is 6.94. The van der Waals surface area contributed by atoms with Crippen LogP contribution in [0.25, 0.3) is 0 Å². The molecule has 0 amide bonds. The fourth-order valence-electron chi connectivity index (χ4n) is 1.94. The van der Waals surface area contributed by atoms with E-state index in [9.17, 15) is 4.79 Å². The smallest absolute Gasteiger partial charge is 0.307 e. The van der Waals surface area contributed by atoms with Crippen molar-refractivity contribution in [2.45, 2.75) is 39.7 Å². The molecule has 1 aromatic heterocycles. The van der Waals surface area contributed by atoms with E-state index >= 15 is 0 Å². The maximum Gasteiger partial charge on any atom is 0.307 e. The van der Waals surface area contributed by atoms with Crippen molar-refractivity contribution in [3.8, 4) is 0 Å². The van der Waals surface area contributed by atoms with E-state index in [-0.39, 0.29) is 12.5 Å². The number of methoxy groups -OCH3 is 1. The van der Waals surface area contributed by atoms with Crippen molar-refractivity contribution in [3.05, 3.63) is 17.0 Å². The minimum Gasteiger partial charge on any atom is -0.481 e. The van der Waals surface area contributed by atoms with Gasteiger partial charge in [0.2, 0.25) is 0 Å². The molecule has 0 saturated heterocycles. The Bertz CT molecular complexity index is 399. The van der Waals surface area contributed by atoms with E-state index in [1.807, 2.05) is 18.5 Å². The third-order valence-electron chi connectivity index (χ3n) is 2.96. The highest BCUT2D eigenvalue weighted by Crippen LogP contribution is 2.19. The molecule has 0 aromatic carbocycles. The normalized spacial score (nSPS) is 12.7. The van der Waals surface area contributed by atoms with Crippen molar-refractivity contribution in [1.82, 2.24) is 9.78 Å². The molecule has 1 N–H and O–H groups in total. The molecular formula is C12H20N2O3. The van der Waals surface area contributed by atoms with E-state index in [4.69, 9.17) is 9.84 Å². The molecule has 1 aromatic rings. The zero-order valence-electron chi connectivity index (χ0n) is 10.9. The number of nitrogens with zero attached hydrogens (tertiary/aromatic N) is 2. The molecule has 17 heavy (non-hydrogen) atoms. The summed E-state index contributed by atoms with van der Waals surface area (Å²) in [4.78, 5) is 10.8. The zero-order valence-corrected chi connectivity index (χ0v) is 10.9. The number of carboxylic acids is 1. The monoisotopic (exact) mass is 240 g/mol. The standard InChI is InChI=1S/C12H20N2O3/c1-8(5-6-17-4)14-10(3)11(7-12(15)16)9(2)13-14/h8H,5-7H2,1-4H3,(H,15,16). The minimum atomic E-state index is -0.819. The van der Waals surface area contributed by atoms with E-state index in [1.165, 1.54) is 0 Å². The molecule has 0 aliphatic heterocycles. The van der Waals surface area contributed by atoms with Crippen LogP contribution < -0.4 is 0 Å². The lowest BCUT2D eigenvalue weighted by atomic mass is 10.1. The van der Waals surface area contributed by atoms with Crippen LogP contribution in [0.1, 0.15) is 36.3 Å². The third-order valence-corrected chi connectivity index (χ3v) is 2.96. The molecule has 0 bridgehead atoms. The lowest BCUT2D eigenvalue weighted by molar-refractivity contribution is -0.136. The number of ether oxygens (including phenoxy) is 1. The Kier molecular flexibility index (Phi) is 4.69. The van der Waals surface area contributed by atoms with Gasteiger partial charge in [-0.15, -0.1) is 0 Å². The first kappa shape index (κ1) is 13.7. The number of aliphatic carboxylic acids is 1. The van der Waals surface area contributed by atoms with Crippen LogP contribution in [0.5, 0.6) is 0 Å². The molecule has 0 aliphatic carbocycles. The lowest BCUT2D eigenvalue weighted by Gasteiger charge is -2.13. The highest BCUT2D eigenvalue weighted by Gasteiger charge is 2.17. The highest BCUT2D eigenvalue weighted by atomic mass is 16.5.